The van der Waals surface area contributed by atoms with Crippen molar-refractivity contribution >= 4 is 11.7 Å². The van der Waals surface area contributed by atoms with Gasteiger partial charge < -0.3 is 14.8 Å². The molecule has 1 aliphatic carbocycles. The van der Waals surface area contributed by atoms with Gasteiger partial charge in [-0.05, 0) is 44.0 Å². The lowest BCUT2D eigenvalue weighted by molar-refractivity contribution is -0.116. The fourth-order valence-corrected chi connectivity index (χ4v) is 4.40. The molecule has 3 aromatic rings. The third-order valence-corrected chi connectivity index (χ3v) is 5.88. The zero-order chi connectivity index (χ0) is 21.5. The Morgan fingerprint density at radius 2 is 1.97 bits per heavy atom. The van der Waals surface area contributed by atoms with Crippen molar-refractivity contribution < 1.29 is 14.3 Å². The second kappa shape index (κ2) is 7.58. The molecule has 158 valence electrons. The molecule has 31 heavy (non-hydrogen) atoms. The molecule has 5 rings (SSSR count). The molecular formula is C24H24N4O3. The molecule has 0 fully saturated rings. The number of nitrogens with zero attached hydrogens (tertiary/aromatic N) is 3. The normalized spacial score (nSPS) is 17.6. The average molecular weight is 416 g/mol. The van der Waals surface area contributed by atoms with Gasteiger partial charge in [-0.2, -0.15) is 4.98 Å². The first kappa shape index (κ1) is 19.4. The summed E-state index contributed by atoms with van der Waals surface area (Å²) in [5.74, 6) is 2.74. The quantitative estimate of drug-likeness (QED) is 0.684. The van der Waals surface area contributed by atoms with E-state index in [4.69, 9.17) is 19.6 Å². The maximum Gasteiger partial charge on any atom is 0.226 e. The maximum atomic E-state index is 13.1. The number of aryl methyl sites for hydroxylation is 1. The zero-order valence-electron chi connectivity index (χ0n) is 17.8. The number of anilines is 1. The number of hydrogen-bond donors (Lipinski definition) is 1. The van der Waals surface area contributed by atoms with Gasteiger partial charge in [-0.15, -0.1) is 5.10 Å². The van der Waals surface area contributed by atoms with Crippen molar-refractivity contribution in [2.24, 2.45) is 0 Å². The number of aromatic nitrogens is 3. The number of fused-ring (bicyclic) bond motifs is 1. The molecule has 1 N–H and O–H groups in total. The molecule has 1 aliphatic heterocycles. The highest BCUT2D eigenvalue weighted by Gasteiger charge is 2.38. The molecule has 7 heteroatoms. The minimum absolute atomic E-state index is 0.127. The van der Waals surface area contributed by atoms with Crippen molar-refractivity contribution in [2.75, 3.05) is 19.5 Å². The molecule has 0 saturated carbocycles. The van der Waals surface area contributed by atoms with E-state index in [9.17, 15) is 4.79 Å². The Labute approximate surface area is 180 Å². The lowest BCUT2D eigenvalue weighted by atomic mass is 9.85. The summed E-state index contributed by atoms with van der Waals surface area (Å²) < 4.78 is 12.9. The van der Waals surface area contributed by atoms with Crippen LogP contribution in [0.15, 0.2) is 53.7 Å². The van der Waals surface area contributed by atoms with Crippen LogP contribution < -0.4 is 14.8 Å². The fourth-order valence-electron chi connectivity index (χ4n) is 4.40. The average Bonchev–Trinajstić information content (AvgIpc) is 3.21. The first-order valence-electron chi connectivity index (χ1n) is 10.4. The molecule has 0 amide bonds. The van der Waals surface area contributed by atoms with E-state index in [1.54, 1.807) is 18.9 Å². The van der Waals surface area contributed by atoms with Gasteiger partial charge >= 0.3 is 0 Å². The van der Waals surface area contributed by atoms with Crippen molar-refractivity contribution in [2.45, 2.75) is 32.2 Å². The van der Waals surface area contributed by atoms with Gasteiger partial charge in [-0.3, -0.25) is 4.79 Å². The molecule has 2 aromatic carbocycles. The van der Waals surface area contributed by atoms with Gasteiger partial charge in [0.15, 0.2) is 11.6 Å². The van der Waals surface area contributed by atoms with Gasteiger partial charge in [0.05, 0.1) is 14.2 Å². The van der Waals surface area contributed by atoms with Crippen LogP contribution in [0.5, 0.6) is 11.5 Å². The van der Waals surface area contributed by atoms with Crippen LogP contribution in [0.1, 0.15) is 36.4 Å². The minimum atomic E-state index is -0.435. The Balaban J connectivity index is 1.72. The zero-order valence-corrected chi connectivity index (χ0v) is 17.8. The van der Waals surface area contributed by atoms with Crippen LogP contribution in [0.2, 0.25) is 0 Å². The Bertz CT molecular complexity index is 1210. The van der Waals surface area contributed by atoms with E-state index in [0.29, 0.717) is 29.7 Å². The summed E-state index contributed by atoms with van der Waals surface area (Å²) >= 11 is 0. The number of Topliss-reactive ketones (excluding diaryl/α,β-unsaturated/α-hetero) is 1. The van der Waals surface area contributed by atoms with Gasteiger partial charge in [-0.25, -0.2) is 4.68 Å². The molecule has 0 unspecified atom stereocenters. The Morgan fingerprint density at radius 3 is 2.74 bits per heavy atom. The van der Waals surface area contributed by atoms with E-state index in [1.165, 1.54) is 0 Å². The van der Waals surface area contributed by atoms with Crippen LogP contribution in [0.4, 0.5) is 5.95 Å². The number of ketones is 1. The molecule has 0 radical (unpaired) electrons. The molecular weight excluding hydrogens is 392 g/mol. The Kier molecular flexibility index (Phi) is 4.73. The Morgan fingerprint density at radius 1 is 1.10 bits per heavy atom. The summed E-state index contributed by atoms with van der Waals surface area (Å²) in [4.78, 5) is 17.8. The lowest BCUT2D eigenvalue weighted by Gasteiger charge is -2.32. The largest absolute Gasteiger partial charge is 0.497 e. The topological polar surface area (TPSA) is 78.3 Å². The first-order valence-corrected chi connectivity index (χ1v) is 10.4. The summed E-state index contributed by atoms with van der Waals surface area (Å²) in [5.41, 5.74) is 4.54. The number of hydrogen-bond acceptors (Lipinski definition) is 6. The van der Waals surface area contributed by atoms with Crippen LogP contribution in [0, 0.1) is 6.92 Å². The molecule has 1 aromatic heterocycles. The highest BCUT2D eigenvalue weighted by Crippen LogP contribution is 2.44. The van der Waals surface area contributed by atoms with E-state index >= 15 is 0 Å². The highest BCUT2D eigenvalue weighted by molar-refractivity contribution is 5.99. The monoisotopic (exact) mass is 416 g/mol. The van der Waals surface area contributed by atoms with Crippen molar-refractivity contribution in [1.29, 1.82) is 0 Å². The summed E-state index contributed by atoms with van der Waals surface area (Å²) in [6, 6.07) is 13.3. The molecule has 0 spiro atoms. The molecule has 2 heterocycles. The van der Waals surface area contributed by atoms with Gasteiger partial charge in [0.1, 0.15) is 17.5 Å². The summed E-state index contributed by atoms with van der Waals surface area (Å²) in [5, 5.41) is 8.21. The van der Waals surface area contributed by atoms with Gasteiger partial charge in [0.2, 0.25) is 5.95 Å². The highest BCUT2D eigenvalue weighted by atomic mass is 16.5. The SMILES string of the molecule is COc1ccc(OC)c([C@H]2C3=C(CCCC3=O)Nc3nc(-c4cccc(C)c4)nn32)c1. The maximum absolute atomic E-state index is 13.1. The summed E-state index contributed by atoms with van der Waals surface area (Å²) in [6.07, 6.45) is 2.15. The van der Waals surface area contributed by atoms with Crippen LogP contribution >= 0.6 is 0 Å². The molecule has 0 bridgehead atoms. The second-order valence-electron chi connectivity index (χ2n) is 7.88. The van der Waals surface area contributed by atoms with Gasteiger partial charge in [0.25, 0.3) is 0 Å². The molecule has 7 nitrogen and oxygen atoms in total. The van der Waals surface area contributed by atoms with E-state index in [1.807, 2.05) is 43.3 Å². The van der Waals surface area contributed by atoms with Crippen molar-refractivity contribution in [3.63, 3.8) is 0 Å². The summed E-state index contributed by atoms with van der Waals surface area (Å²) in [7, 11) is 3.26. The van der Waals surface area contributed by atoms with Crippen molar-refractivity contribution in [1.82, 2.24) is 14.8 Å². The van der Waals surface area contributed by atoms with E-state index in [-0.39, 0.29) is 5.78 Å². The van der Waals surface area contributed by atoms with Crippen molar-refractivity contribution in [3.8, 4) is 22.9 Å². The van der Waals surface area contributed by atoms with Crippen LogP contribution in [-0.2, 0) is 4.79 Å². The van der Waals surface area contributed by atoms with E-state index in [0.717, 1.165) is 40.8 Å². The fraction of sp³-hybridized carbons (Fsp3) is 0.292. The molecule has 1 atom stereocenters. The summed E-state index contributed by atoms with van der Waals surface area (Å²) in [6.45, 7) is 2.04. The number of carbonyl (C=O) groups excluding carboxylic acids is 1. The Hall–Kier alpha value is -3.61. The third kappa shape index (κ3) is 3.26. The predicted octanol–water partition coefficient (Wildman–Crippen LogP) is 4.29. The van der Waals surface area contributed by atoms with Crippen LogP contribution in [0.3, 0.4) is 0 Å². The van der Waals surface area contributed by atoms with E-state index in [2.05, 4.69) is 11.4 Å². The lowest BCUT2D eigenvalue weighted by Crippen LogP contribution is -2.31. The number of benzene rings is 2. The number of methoxy groups -OCH3 is 2. The minimum Gasteiger partial charge on any atom is -0.497 e. The first-order chi connectivity index (χ1) is 15.1. The molecule has 2 aliphatic rings. The number of nitrogens with one attached hydrogen (secondary N) is 1. The third-order valence-electron chi connectivity index (χ3n) is 5.88. The number of ether oxygens (including phenoxy) is 2. The number of carbonyl (C=O) groups is 1. The van der Waals surface area contributed by atoms with Crippen LogP contribution in [0.25, 0.3) is 11.4 Å². The molecule has 0 saturated heterocycles. The van der Waals surface area contributed by atoms with Gasteiger partial charge in [-0.1, -0.05) is 23.8 Å². The predicted molar refractivity (Wildman–Crippen MR) is 117 cm³/mol. The van der Waals surface area contributed by atoms with Crippen molar-refractivity contribution in [3.05, 3.63) is 64.9 Å². The van der Waals surface area contributed by atoms with Gasteiger partial charge in [0, 0.05) is 28.8 Å². The standard InChI is InChI=1S/C24H24N4O3/c1-14-6-4-7-15(12-14)23-26-24-25-18-8-5-9-19(29)21(18)22(28(24)27-23)17-13-16(30-2)10-11-20(17)31-3/h4,6-7,10-13,22H,5,8-9H2,1-3H3,(H,25,26,27)/t22-/m0/s1. The number of allylic oxidation sites excluding steroid dienone is 2. The van der Waals surface area contributed by atoms with E-state index < -0.39 is 6.04 Å². The smallest absolute Gasteiger partial charge is 0.226 e. The number of rotatable bonds is 4. The van der Waals surface area contributed by atoms with Crippen LogP contribution in [-0.4, -0.2) is 34.8 Å². The second-order valence-corrected chi connectivity index (χ2v) is 7.88.